The van der Waals surface area contributed by atoms with Gasteiger partial charge in [0.25, 0.3) is 0 Å². The molecule has 0 aromatic heterocycles. The van der Waals surface area contributed by atoms with Gasteiger partial charge in [0, 0.05) is 19.8 Å². The SMILES string of the molecule is CN(CCCC(N)=S)CC1CCOCC1. The van der Waals surface area contributed by atoms with Gasteiger partial charge < -0.3 is 15.4 Å². The molecule has 0 spiro atoms. The first kappa shape index (κ1) is 12.9. The molecule has 0 bridgehead atoms. The van der Waals surface area contributed by atoms with Crippen molar-refractivity contribution in [2.45, 2.75) is 25.7 Å². The van der Waals surface area contributed by atoms with E-state index in [9.17, 15) is 0 Å². The first-order chi connectivity index (χ1) is 7.18. The Hall–Kier alpha value is -0.190. The van der Waals surface area contributed by atoms with Crippen LogP contribution in [0, 0.1) is 5.92 Å². The summed E-state index contributed by atoms with van der Waals surface area (Å²) in [5.74, 6) is 0.813. The number of hydrogen-bond donors (Lipinski definition) is 1. The number of rotatable bonds is 6. The lowest BCUT2D eigenvalue weighted by molar-refractivity contribution is 0.0557. The predicted molar refractivity (Wildman–Crippen MR) is 67.1 cm³/mol. The molecule has 1 heterocycles. The fourth-order valence-corrected chi connectivity index (χ4v) is 2.13. The molecular formula is C11H22N2OS. The summed E-state index contributed by atoms with van der Waals surface area (Å²) >= 11 is 4.85. The van der Waals surface area contributed by atoms with E-state index in [0.717, 1.165) is 38.5 Å². The van der Waals surface area contributed by atoms with Crippen LogP contribution in [-0.4, -0.2) is 43.2 Å². The van der Waals surface area contributed by atoms with Crippen molar-refractivity contribution in [3.63, 3.8) is 0 Å². The molecule has 1 aliphatic heterocycles. The molecule has 4 heteroatoms. The molecule has 88 valence electrons. The molecule has 0 saturated carbocycles. The highest BCUT2D eigenvalue weighted by molar-refractivity contribution is 7.80. The van der Waals surface area contributed by atoms with E-state index in [1.807, 2.05) is 0 Å². The van der Waals surface area contributed by atoms with Gasteiger partial charge in [0.1, 0.15) is 0 Å². The fourth-order valence-electron chi connectivity index (χ4n) is 1.98. The van der Waals surface area contributed by atoms with Gasteiger partial charge in [-0.25, -0.2) is 0 Å². The fraction of sp³-hybridized carbons (Fsp3) is 0.909. The summed E-state index contributed by atoms with van der Waals surface area (Å²) in [6.07, 6.45) is 4.36. The van der Waals surface area contributed by atoms with Crippen molar-refractivity contribution >= 4 is 17.2 Å². The van der Waals surface area contributed by atoms with E-state index in [2.05, 4.69) is 11.9 Å². The van der Waals surface area contributed by atoms with Crippen molar-refractivity contribution in [1.82, 2.24) is 4.90 Å². The molecule has 0 aliphatic carbocycles. The molecule has 0 unspecified atom stereocenters. The number of hydrogen-bond acceptors (Lipinski definition) is 3. The van der Waals surface area contributed by atoms with Gasteiger partial charge in [0.15, 0.2) is 0 Å². The first-order valence-electron chi connectivity index (χ1n) is 5.73. The zero-order chi connectivity index (χ0) is 11.1. The van der Waals surface area contributed by atoms with E-state index < -0.39 is 0 Å². The average Bonchev–Trinajstić information content (AvgIpc) is 2.18. The lowest BCUT2D eigenvalue weighted by Crippen LogP contribution is -2.30. The Balaban J connectivity index is 2.06. The van der Waals surface area contributed by atoms with Crippen LogP contribution in [0.3, 0.4) is 0 Å². The maximum atomic E-state index is 5.46. The summed E-state index contributed by atoms with van der Waals surface area (Å²) in [4.78, 5) is 3.02. The molecular weight excluding hydrogens is 208 g/mol. The maximum Gasteiger partial charge on any atom is 0.0727 e. The van der Waals surface area contributed by atoms with Gasteiger partial charge in [0.05, 0.1) is 4.99 Å². The van der Waals surface area contributed by atoms with E-state index in [1.54, 1.807) is 0 Å². The van der Waals surface area contributed by atoms with Gasteiger partial charge >= 0.3 is 0 Å². The van der Waals surface area contributed by atoms with Crippen molar-refractivity contribution in [2.75, 3.05) is 33.4 Å². The van der Waals surface area contributed by atoms with Crippen LogP contribution in [0.1, 0.15) is 25.7 Å². The average molecular weight is 230 g/mol. The van der Waals surface area contributed by atoms with Crippen LogP contribution in [0.5, 0.6) is 0 Å². The monoisotopic (exact) mass is 230 g/mol. The van der Waals surface area contributed by atoms with Crippen LogP contribution in [-0.2, 0) is 4.74 Å². The second-order valence-corrected chi connectivity index (χ2v) is 4.91. The highest BCUT2D eigenvalue weighted by Gasteiger charge is 2.15. The smallest absolute Gasteiger partial charge is 0.0727 e. The van der Waals surface area contributed by atoms with Crippen molar-refractivity contribution in [1.29, 1.82) is 0 Å². The summed E-state index contributed by atoms with van der Waals surface area (Å²) in [7, 11) is 2.18. The summed E-state index contributed by atoms with van der Waals surface area (Å²) < 4.78 is 5.34. The topological polar surface area (TPSA) is 38.5 Å². The number of ether oxygens (including phenoxy) is 1. The molecule has 1 aliphatic rings. The van der Waals surface area contributed by atoms with E-state index in [1.165, 1.54) is 19.4 Å². The third-order valence-electron chi connectivity index (χ3n) is 2.87. The van der Waals surface area contributed by atoms with Crippen LogP contribution < -0.4 is 5.73 Å². The predicted octanol–water partition coefficient (Wildman–Crippen LogP) is 1.41. The Morgan fingerprint density at radius 2 is 2.13 bits per heavy atom. The lowest BCUT2D eigenvalue weighted by atomic mass is 10.00. The summed E-state index contributed by atoms with van der Waals surface area (Å²) in [6, 6.07) is 0. The molecule has 15 heavy (non-hydrogen) atoms. The molecule has 0 amide bonds. The molecule has 1 rings (SSSR count). The summed E-state index contributed by atoms with van der Waals surface area (Å²) in [5, 5.41) is 0. The standard InChI is InChI=1S/C11H22N2OS/c1-13(6-2-3-11(12)15)9-10-4-7-14-8-5-10/h10H,2-9H2,1H3,(H2,12,15). The quantitative estimate of drug-likeness (QED) is 0.700. The van der Waals surface area contributed by atoms with Gasteiger partial charge in [-0.1, -0.05) is 12.2 Å². The van der Waals surface area contributed by atoms with E-state index in [0.29, 0.717) is 4.99 Å². The van der Waals surface area contributed by atoms with E-state index in [-0.39, 0.29) is 0 Å². The zero-order valence-electron chi connectivity index (χ0n) is 9.58. The van der Waals surface area contributed by atoms with Gasteiger partial charge in [-0.2, -0.15) is 0 Å². The minimum atomic E-state index is 0.634. The highest BCUT2D eigenvalue weighted by Crippen LogP contribution is 2.15. The van der Waals surface area contributed by atoms with Crippen LogP contribution in [0.25, 0.3) is 0 Å². The van der Waals surface area contributed by atoms with Crippen LogP contribution in [0.2, 0.25) is 0 Å². The summed E-state index contributed by atoms with van der Waals surface area (Å²) in [6.45, 7) is 4.15. The third kappa shape index (κ3) is 6.07. The molecule has 1 fully saturated rings. The second kappa shape index (κ2) is 7.14. The second-order valence-electron chi connectivity index (χ2n) is 4.39. The lowest BCUT2D eigenvalue weighted by Gasteiger charge is -2.27. The van der Waals surface area contributed by atoms with Crippen molar-refractivity contribution in [2.24, 2.45) is 11.7 Å². The molecule has 1 saturated heterocycles. The normalized spacial score (nSPS) is 18.3. The number of nitrogens with two attached hydrogens (primary N) is 1. The van der Waals surface area contributed by atoms with Gasteiger partial charge in [-0.15, -0.1) is 0 Å². The molecule has 0 atom stereocenters. The maximum absolute atomic E-state index is 5.46. The zero-order valence-corrected chi connectivity index (χ0v) is 10.4. The van der Waals surface area contributed by atoms with Crippen LogP contribution in [0.15, 0.2) is 0 Å². The number of thiocarbonyl (C=S) groups is 1. The molecule has 2 N–H and O–H groups in total. The van der Waals surface area contributed by atoms with E-state index >= 15 is 0 Å². The van der Waals surface area contributed by atoms with Crippen molar-refractivity contribution < 1.29 is 4.74 Å². The molecule has 0 aromatic rings. The van der Waals surface area contributed by atoms with Crippen molar-refractivity contribution in [3.05, 3.63) is 0 Å². The van der Waals surface area contributed by atoms with Crippen LogP contribution >= 0.6 is 12.2 Å². The Labute approximate surface area is 98.0 Å². The molecule has 0 radical (unpaired) electrons. The minimum Gasteiger partial charge on any atom is -0.393 e. The summed E-state index contributed by atoms with van der Waals surface area (Å²) in [5.41, 5.74) is 5.46. The first-order valence-corrected chi connectivity index (χ1v) is 6.14. The Bertz CT molecular complexity index is 193. The third-order valence-corrected chi connectivity index (χ3v) is 3.08. The van der Waals surface area contributed by atoms with E-state index in [4.69, 9.17) is 22.7 Å². The number of nitrogens with zero attached hydrogens (tertiary/aromatic N) is 1. The van der Waals surface area contributed by atoms with Crippen LogP contribution in [0.4, 0.5) is 0 Å². The highest BCUT2D eigenvalue weighted by atomic mass is 32.1. The van der Waals surface area contributed by atoms with Gasteiger partial charge in [-0.05, 0) is 45.2 Å². The van der Waals surface area contributed by atoms with Crippen molar-refractivity contribution in [3.8, 4) is 0 Å². The van der Waals surface area contributed by atoms with Gasteiger partial charge in [0.2, 0.25) is 0 Å². The minimum absolute atomic E-state index is 0.634. The largest absolute Gasteiger partial charge is 0.393 e. The Kier molecular flexibility index (Phi) is 6.13. The Morgan fingerprint density at radius 3 is 2.73 bits per heavy atom. The molecule has 0 aromatic carbocycles. The molecule has 3 nitrogen and oxygen atoms in total. The Morgan fingerprint density at radius 1 is 1.47 bits per heavy atom. The van der Waals surface area contributed by atoms with Gasteiger partial charge in [-0.3, -0.25) is 0 Å².